The molecule has 0 radical (unpaired) electrons. The maximum absolute atomic E-state index is 13.0. The summed E-state index contributed by atoms with van der Waals surface area (Å²) in [5.74, 6) is -1.69. The smallest absolute Gasteiger partial charge is 0.337 e. The van der Waals surface area contributed by atoms with Crippen LogP contribution >= 0.6 is 0 Å². The highest BCUT2D eigenvalue weighted by molar-refractivity contribution is 6.46. The Morgan fingerprint density at radius 2 is 1.71 bits per heavy atom. The summed E-state index contributed by atoms with van der Waals surface area (Å²) in [6, 6.07) is 12.1. The average Bonchev–Trinajstić information content (AvgIpc) is 3.12. The summed E-state index contributed by atoms with van der Waals surface area (Å²) in [6.07, 6.45) is 2.13. The van der Waals surface area contributed by atoms with Crippen LogP contribution in [-0.2, 0) is 19.1 Å². The quantitative estimate of drug-likeness (QED) is 0.143. The molecule has 1 atom stereocenters. The molecule has 8 heteroatoms. The molecule has 2 aromatic carbocycles. The zero-order valence-electron chi connectivity index (χ0n) is 19.2. The summed E-state index contributed by atoms with van der Waals surface area (Å²) in [5, 5.41) is 11.1. The Kier molecular flexibility index (Phi) is 8.21. The number of amides is 1. The predicted molar refractivity (Wildman–Crippen MR) is 125 cm³/mol. The van der Waals surface area contributed by atoms with Crippen molar-refractivity contribution in [1.29, 1.82) is 0 Å². The fraction of sp³-hybridized carbons (Fsp3) is 0.269. The zero-order valence-corrected chi connectivity index (χ0v) is 19.2. The molecule has 1 aliphatic rings. The lowest BCUT2D eigenvalue weighted by Crippen LogP contribution is -2.31. The van der Waals surface area contributed by atoms with E-state index < -0.39 is 23.7 Å². The van der Waals surface area contributed by atoms with E-state index in [-0.39, 0.29) is 17.9 Å². The number of aliphatic hydroxyl groups excluding tert-OH is 1. The van der Waals surface area contributed by atoms with Crippen molar-refractivity contribution in [1.82, 2.24) is 4.90 Å². The van der Waals surface area contributed by atoms with Gasteiger partial charge in [-0.05, 0) is 48.4 Å². The molecule has 1 aliphatic heterocycles. The van der Waals surface area contributed by atoms with Gasteiger partial charge in [-0.25, -0.2) is 4.79 Å². The third-order valence-corrected chi connectivity index (χ3v) is 5.43. The number of esters is 1. The minimum atomic E-state index is -0.819. The van der Waals surface area contributed by atoms with E-state index in [1.54, 1.807) is 61.7 Å². The number of hydrogen-bond acceptors (Lipinski definition) is 7. The second-order valence-electron chi connectivity index (χ2n) is 7.58. The molecule has 0 aromatic heterocycles. The minimum absolute atomic E-state index is 0.0204. The van der Waals surface area contributed by atoms with Gasteiger partial charge < -0.3 is 24.2 Å². The van der Waals surface area contributed by atoms with Crippen molar-refractivity contribution in [2.45, 2.75) is 12.5 Å². The van der Waals surface area contributed by atoms with E-state index in [0.717, 1.165) is 0 Å². The molecule has 8 nitrogen and oxygen atoms in total. The van der Waals surface area contributed by atoms with E-state index in [2.05, 4.69) is 6.58 Å². The molecule has 0 saturated carbocycles. The average molecular weight is 466 g/mol. The number of Topliss-reactive ketones (excluding diaryl/α,β-unsaturated/α-hetero) is 1. The summed E-state index contributed by atoms with van der Waals surface area (Å²) >= 11 is 0. The molecule has 1 saturated heterocycles. The third kappa shape index (κ3) is 5.18. The first-order valence-corrected chi connectivity index (χ1v) is 10.7. The highest BCUT2D eigenvalue weighted by Crippen LogP contribution is 2.39. The Balaban J connectivity index is 2.04. The van der Waals surface area contributed by atoms with E-state index in [1.807, 2.05) is 0 Å². The summed E-state index contributed by atoms with van der Waals surface area (Å²) in [7, 11) is 2.84. The number of likely N-dealkylation sites (tertiary alicyclic amines) is 1. The standard InChI is InChI=1S/C26H27NO7/c1-4-15-34-20-12-10-18(11-13-20)23(28)21-22(17-6-8-19(9-7-17)26(31)33-3)27(14-5-16-32-2)25(30)24(21)29/h4,6-13,22,28H,1,5,14-16H2,2-3H3/b23-21+. The van der Waals surface area contributed by atoms with Crippen molar-refractivity contribution in [3.8, 4) is 5.75 Å². The van der Waals surface area contributed by atoms with Crippen molar-refractivity contribution in [2.24, 2.45) is 0 Å². The molecule has 1 fully saturated rings. The molecule has 0 bridgehead atoms. The molecule has 1 unspecified atom stereocenters. The number of methoxy groups -OCH3 is 2. The van der Waals surface area contributed by atoms with Crippen LogP contribution in [0.15, 0.2) is 66.8 Å². The van der Waals surface area contributed by atoms with E-state index in [4.69, 9.17) is 14.2 Å². The first kappa shape index (κ1) is 24.7. The molecule has 178 valence electrons. The monoisotopic (exact) mass is 465 g/mol. The highest BCUT2D eigenvalue weighted by atomic mass is 16.5. The molecular weight excluding hydrogens is 438 g/mol. The van der Waals surface area contributed by atoms with Crippen LogP contribution in [0.1, 0.15) is 33.9 Å². The van der Waals surface area contributed by atoms with Crippen molar-refractivity contribution < 1.29 is 33.7 Å². The largest absolute Gasteiger partial charge is 0.507 e. The summed E-state index contributed by atoms with van der Waals surface area (Å²) in [4.78, 5) is 39.2. The number of ether oxygens (including phenoxy) is 3. The Labute approximate surface area is 198 Å². The molecule has 3 rings (SSSR count). The molecule has 1 amide bonds. The number of benzene rings is 2. The molecule has 1 N–H and O–H groups in total. The SMILES string of the molecule is C=CCOc1ccc(/C(O)=C2\C(=O)C(=O)N(CCCOC)C2c2ccc(C(=O)OC)cc2)cc1. The second-order valence-corrected chi connectivity index (χ2v) is 7.58. The number of carbonyl (C=O) groups is 3. The second kappa shape index (κ2) is 11.3. The first-order chi connectivity index (χ1) is 16.4. The van der Waals surface area contributed by atoms with E-state index >= 15 is 0 Å². The zero-order chi connectivity index (χ0) is 24.7. The van der Waals surface area contributed by atoms with Crippen LogP contribution in [0.5, 0.6) is 5.75 Å². The van der Waals surface area contributed by atoms with Gasteiger partial charge in [-0.3, -0.25) is 9.59 Å². The molecule has 0 spiro atoms. The molecular formula is C26H27NO7. The van der Waals surface area contributed by atoms with Gasteiger partial charge in [0.1, 0.15) is 18.1 Å². The minimum Gasteiger partial charge on any atom is -0.507 e. The Morgan fingerprint density at radius 1 is 1.06 bits per heavy atom. The third-order valence-electron chi connectivity index (χ3n) is 5.43. The van der Waals surface area contributed by atoms with Gasteiger partial charge >= 0.3 is 5.97 Å². The number of nitrogens with zero attached hydrogens (tertiary/aromatic N) is 1. The highest BCUT2D eigenvalue weighted by Gasteiger charge is 2.45. The number of ketones is 1. The van der Waals surface area contributed by atoms with Gasteiger partial charge in [-0.2, -0.15) is 0 Å². The Hall–Kier alpha value is -3.91. The van der Waals surface area contributed by atoms with E-state index in [0.29, 0.717) is 42.1 Å². The molecule has 2 aromatic rings. The van der Waals surface area contributed by atoms with E-state index in [9.17, 15) is 19.5 Å². The summed E-state index contributed by atoms with van der Waals surface area (Å²) < 4.78 is 15.3. The van der Waals surface area contributed by atoms with Gasteiger partial charge in [0.25, 0.3) is 11.7 Å². The number of aliphatic hydroxyl groups is 1. The maximum atomic E-state index is 13.0. The van der Waals surface area contributed by atoms with Gasteiger partial charge in [-0.15, -0.1) is 0 Å². The Bertz CT molecular complexity index is 1090. The van der Waals surface area contributed by atoms with Crippen LogP contribution < -0.4 is 4.74 Å². The fourth-order valence-electron chi connectivity index (χ4n) is 3.78. The van der Waals surface area contributed by atoms with Gasteiger partial charge in [0.05, 0.1) is 24.3 Å². The fourth-order valence-corrected chi connectivity index (χ4v) is 3.78. The van der Waals surface area contributed by atoms with E-state index in [1.165, 1.54) is 12.0 Å². The molecule has 0 aliphatic carbocycles. The first-order valence-electron chi connectivity index (χ1n) is 10.7. The summed E-state index contributed by atoms with van der Waals surface area (Å²) in [5.41, 5.74) is 1.26. The lowest BCUT2D eigenvalue weighted by atomic mass is 9.94. The van der Waals surface area contributed by atoms with Crippen molar-refractivity contribution in [3.05, 3.63) is 83.4 Å². The molecule has 34 heavy (non-hydrogen) atoms. The van der Waals surface area contributed by atoms with Crippen LogP contribution in [0.3, 0.4) is 0 Å². The lowest BCUT2D eigenvalue weighted by Gasteiger charge is -2.25. The molecule has 1 heterocycles. The van der Waals surface area contributed by atoms with Gasteiger partial charge in [0.2, 0.25) is 0 Å². The van der Waals surface area contributed by atoms with Gasteiger partial charge in [-0.1, -0.05) is 24.8 Å². The van der Waals surface area contributed by atoms with Crippen LogP contribution in [0.25, 0.3) is 5.76 Å². The topological polar surface area (TPSA) is 102 Å². The van der Waals surface area contributed by atoms with Gasteiger partial charge in [0.15, 0.2) is 0 Å². The predicted octanol–water partition coefficient (Wildman–Crippen LogP) is 3.50. The van der Waals surface area contributed by atoms with Crippen molar-refractivity contribution >= 4 is 23.4 Å². The number of hydrogen-bond donors (Lipinski definition) is 1. The maximum Gasteiger partial charge on any atom is 0.337 e. The van der Waals surface area contributed by atoms with Crippen molar-refractivity contribution in [3.63, 3.8) is 0 Å². The van der Waals surface area contributed by atoms with Crippen LogP contribution in [0.2, 0.25) is 0 Å². The number of carbonyl (C=O) groups excluding carboxylic acids is 3. The van der Waals surface area contributed by atoms with Crippen LogP contribution in [0.4, 0.5) is 0 Å². The lowest BCUT2D eigenvalue weighted by molar-refractivity contribution is -0.140. The summed E-state index contributed by atoms with van der Waals surface area (Å²) in [6.45, 7) is 4.60. The van der Waals surface area contributed by atoms with Crippen molar-refractivity contribution in [2.75, 3.05) is 34.0 Å². The van der Waals surface area contributed by atoms with Crippen LogP contribution in [-0.4, -0.2) is 61.6 Å². The van der Waals surface area contributed by atoms with Gasteiger partial charge in [0, 0.05) is 25.8 Å². The number of rotatable bonds is 10. The van der Waals surface area contributed by atoms with Crippen LogP contribution in [0, 0.1) is 0 Å². The Morgan fingerprint density at radius 3 is 2.29 bits per heavy atom. The normalized spacial score (nSPS) is 17.0.